The number of rotatable bonds is 5. The van der Waals surface area contributed by atoms with Gasteiger partial charge in [-0.1, -0.05) is 19.0 Å². The molecule has 2 aromatic rings. The second-order valence-electron chi connectivity index (χ2n) is 5.22. The number of hydrazine groups is 1. The minimum Gasteiger partial charge on any atom is -0.361 e. The van der Waals surface area contributed by atoms with Crippen molar-refractivity contribution >= 4 is 27.7 Å². The summed E-state index contributed by atoms with van der Waals surface area (Å²) >= 11 is 3.35. The lowest BCUT2D eigenvalue weighted by atomic mass is 10.2. The van der Waals surface area contributed by atoms with E-state index in [0.29, 0.717) is 28.2 Å². The number of hydrogen-bond donors (Lipinski definition) is 1. The summed E-state index contributed by atoms with van der Waals surface area (Å²) in [6.45, 7) is 6.16. The van der Waals surface area contributed by atoms with Crippen LogP contribution in [0.2, 0.25) is 0 Å². The first kappa shape index (κ1) is 16.9. The van der Waals surface area contributed by atoms with Crippen molar-refractivity contribution in [3.63, 3.8) is 0 Å². The van der Waals surface area contributed by atoms with Crippen LogP contribution >= 0.6 is 15.9 Å². The number of hydrogen-bond acceptors (Lipinski definition) is 7. The highest BCUT2D eigenvalue weighted by Gasteiger charge is 2.20. The van der Waals surface area contributed by atoms with Crippen molar-refractivity contribution in [2.24, 2.45) is 5.92 Å². The number of carbonyl (C=O) groups is 1. The molecule has 120 valence electrons. The number of aryl methyl sites for hydroxylation is 1. The highest BCUT2D eigenvalue weighted by atomic mass is 79.9. The van der Waals surface area contributed by atoms with Gasteiger partial charge < -0.3 is 4.52 Å². The molecule has 1 amide bonds. The largest absolute Gasteiger partial charge is 0.361 e. The van der Waals surface area contributed by atoms with Gasteiger partial charge in [0.25, 0.3) is 5.91 Å². The second-order valence-corrected chi connectivity index (χ2v) is 6.07. The number of carbonyl (C=O) groups excluding carboxylic acids is 1. The molecule has 8 nitrogen and oxygen atoms in total. The van der Waals surface area contributed by atoms with Crippen LogP contribution in [0.4, 0.5) is 5.82 Å². The van der Waals surface area contributed by atoms with E-state index in [4.69, 9.17) is 9.78 Å². The van der Waals surface area contributed by atoms with Crippen LogP contribution < -0.4 is 10.4 Å². The number of anilines is 1. The zero-order chi connectivity index (χ0) is 17.0. The van der Waals surface area contributed by atoms with E-state index in [1.807, 2.05) is 19.9 Å². The van der Waals surface area contributed by atoms with E-state index in [2.05, 4.69) is 36.5 Å². The average Bonchev–Trinajstić information content (AvgIpc) is 2.93. The number of halogens is 1. The van der Waals surface area contributed by atoms with Crippen molar-refractivity contribution in [1.82, 2.24) is 20.6 Å². The van der Waals surface area contributed by atoms with Gasteiger partial charge in [0.2, 0.25) is 5.82 Å². The van der Waals surface area contributed by atoms with Crippen molar-refractivity contribution in [3.05, 3.63) is 34.0 Å². The lowest BCUT2D eigenvalue weighted by Crippen LogP contribution is -2.45. The fraction of sp³-hybridized carbons (Fsp3) is 0.357. The Labute approximate surface area is 141 Å². The smallest absolute Gasteiger partial charge is 0.275 e. The van der Waals surface area contributed by atoms with Gasteiger partial charge in [-0.15, -0.1) is 0 Å². The van der Waals surface area contributed by atoms with E-state index in [1.54, 1.807) is 11.9 Å². The number of nitrogens with one attached hydrogen (secondary N) is 1. The van der Waals surface area contributed by atoms with Gasteiger partial charge in [0, 0.05) is 12.7 Å². The summed E-state index contributed by atoms with van der Waals surface area (Å²) in [5, 5.41) is 14.1. The highest BCUT2D eigenvalue weighted by molar-refractivity contribution is 9.10. The number of amides is 1. The Balaban J connectivity index is 2.33. The minimum absolute atomic E-state index is 0.0207. The first-order valence-corrected chi connectivity index (χ1v) is 7.64. The van der Waals surface area contributed by atoms with Crippen molar-refractivity contribution in [1.29, 1.82) is 5.26 Å². The van der Waals surface area contributed by atoms with Crippen LogP contribution in [0.5, 0.6) is 0 Å². The first-order valence-electron chi connectivity index (χ1n) is 6.84. The van der Waals surface area contributed by atoms with E-state index in [0.717, 1.165) is 0 Å². The minimum atomic E-state index is -0.367. The zero-order valence-corrected chi connectivity index (χ0v) is 14.5. The average molecular weight is 379 g/mol. The Kier molecular flexibility index (Phi) is 5.28. The molecule has 0 saturated heterocycles. The lowest BCUT2D eigenvalue weighted by Gasteiger charge is -2.26. The molecule has 0 aromatic carbocycles. The maximum absolute atomic E-state index is 12.4. The van der Waals surface area contributed by atoms with Gasteiger partial charge in [0.1, 0.15) is 17.4 Å². The third-order valence-corrected chi connectivity index (χ3v) is 3.42. The van der Waals surface area contributed by atoms with E-state index in [9.17, 15) is 4.79 Å². The maximum Gasteiger partial charge on any atom is 0.275 e. The Morgan fingerprint density at radius 3 is 2.83 bits per heavy atom. The fourth-order valence-electron chi connectivity index (χ4n) is 1.85. The molecule has 0 saturated carbocycles. The van der Waals surface area contributed by atoms with Gasteiger partial charge in [-0.3, -0.25) is 15.2 Å². The lowest BCUT2D eigenvalue weighted by molar-refractivity contribution is 0.0945. The first-order chi connectivity index (χ1) is 10.9. The predicted molar refractivity (Wildman–Crippen MR) is 85.3 cm³/mol. The molecule has 0 bridgehead atoms. The molecule has 0 atom stereocenters. The van der Waals surface area contributed by atoms with Gasteiger partial charge in [0.15, 0.2) is 5.82 Å². The number of nitriles is 1. The number of nitrogens with zero attached hydrogens (tertiary/aromatic N) is 5. The van der Waals surface area contributed by atoms with E-state index in [-0.39, 0.29) is 17.6 Å². The molecule has 0 radical (unpaired) electrons. The number of aromatic nitrogens is 3. The van der Waals surface area contributed by atoms with Gasteiger partial charge in [-0.25, -0.2) is 4.98 Å². The molecular formula is C14H15BrN6O2. The fourth-order valence-corrected chi connectivity index (χ4v) is 2.26. The molecule has 1 N–H and O–H groups in total. The van der Waals surface area contributed by atoms with Crippen molar-refractivity contribution in [3.8, 4) is 6.07 Å². The van der Waals surface area contributed by atoms with E-state index in [1.165, 1.54) is 12.4 Å². The Bertz CT molecular complexity index is 752. The van der Waals surface area contributed by atoms with Crippen LogP contribution in [0.1, 0.15) is 35.8 Å². The van der Waals surface area contributed by atoms with Gasteiger partial charge >= 0.3 is 0 Å². The molecule has 0 aliphatic rings. The quantitative estimate of drug-likeness (QED) is 0.794. The Morgan fingerprint density at radius 1 is 1.52 bits per heavy atom. The molecule has 0 aliphatic heterocycles. The van der Waals surface area contributed by atoms with Gasteiger partial charge in [-0.2, -0.15) is 10.2 Å². The summed E-state index contributed by atoms with van der Waals surface area (Å²) in [6, 6.07) is 1.89. The van der Waals surface area contributed by atoms with Crippen LogP contribution in [0.15, 0.2) is 21.4 Å². The maximum atomic E-state index is 12.4. The molecule has 23 heavy (non-hydrogen) atoms. The van der Waals surface area contributed by atoms with Crippen LogP contribution in [-0.2, 0) is 0 Å². The monoisotopic (exact) mass is 378 g/mol. The van der Waals surface area contributed by atoms with Crippen molar-refractivity contribution < 1.29 is 9.32 Å². The molecule has 2 aromatic heterocycles. The van der Waals surface area contributed by atoms with Crippen LogP contribution in [0, 0.1) is 24.2 Å². The third kappa shape index (κ3) is 4.04. The van der Waals surface area contributed by atoms with Crippen LogP contribution in [0.25, 0.3) is 0 Å². The summed E-state index contributed by atoms with van der Waals surface area (Å²) in [5.74, 6) is 0.728. The normalized spacial score (nSPS) is 10.4. The second kappa shape index (κ2) is 7.19. The SMILES string of the molecule is Cc1oncc1C(=O)NN(CC(C)C)c1nc(C#N)ncc1Br. The van der Waals surface area contributed by atoms with Crippen LogP contribution in [0.3, 0.4) is 0 Å². The molecule has 2 heterocycles. The van der Waals surface area contributed by atoms with Crippen molar-refractivity contribution in [2.45, 2.75) is 20.8 Å². The molecule has 0 unspecified atom stereocenters. The predicted octanol–water partition coefficient (Wildman–Crippen LogP) is 2.21. The van der Waals surface area contributed by atoms with Crippen LogP contribution in [-0.4, -0.2) is 27.6 Å². The van der Waals surface area contributed by atoms with Gasteiger partial charge in [0.05, 0.1) is 10.7 Å². The summed E-state index contributed by atoms with van der Waals surface area (Å²) in [6.07, 6.45) is 2.83. The van der Waals surface area contributed by atoms with E-state index < -0.39 is 0 Å². The topological polar surface area (TPSA) is 108 Å². The van der Waals surface area contributed by atoms with Gasteiger partial charge in [-0.05, 0) is 28.8 Å². The molecular weight excluding hydrogens is 364 g/mol. The molecule has 9 heteroatoms. The zero-order valence-electron chi connectivity index (χ0n) is 12.9. The third-order valence-electron chi connectivity index (χ3n) is 2.86. The molecule has 0 aliphatic carbocycles. The molecule has 0 spiro atoms. The summed E-state index contributed by atoms with van der Waals surface area (Å²) in [7, 11) is 0. The Hall–Kier alpha value is -2.47. The molecule has 2 rings (SSSR count). The highest BCUT2D eigenvalue weighted by Crippen LogP contribution is 2.23. The van der Waals surface area contributed by atoms with E-state index >= 15 is 0 Å². The summed E-state index contributed by atoms with van der Waals surface area (Å²) < 4.78 is 5.48. The summed E-state index contributed by atoms with van der Waals surface area (Å²) in [4.78, 5) is 20.4. The standard InChI is InChI=1S/C14H15BrN6O2/c1-8(2)7-21(13-11(15)6-17-12(4-16)19-13)20-14(22)10-5-18-23-9(10)3/h5-6,8H,7H2,1-3H3,(H,20,22). The summed E-state index contributed by atoms with van der Waals surface area (Å²) in [5.41, 5.74) is 3.10. The van der Waals surface area contributed by atoms with Crippen molar-refractivity contribution in [2.75, 3.05) is 11.6 Å². The Morgan fingerprint density at radius 2 is 2.26 bits per heavy atom. The molecule has 0 fully saturated rings.